The molecule has 2 heterocycles. The van der Waals surface area contributed by atoms with E-state index < -0.39 is 5.97 Å². The Bertz CT molecular complexity index is 1070. The predicted molar refractivity (Wildman–Crippen MR) is 114 cm³/mol. The molecule has 9 heteroatoms. The largest absolute Gasteiger partial charge is 0.461 e. The van der Waals surface area contributed by atoms with Gasteiger partial charge in [-0.05, 0) is 58.9 Å². The number of aryl methyl sites for hydroxylation is 1. The summed E-state index contributed by atoms with van der Waals surface area (Å²) >= 11 is 0. The summed E-state index contributed by atoms with van der Waals surface area (Å²) in [6.45, 7) is 9.89. The van der Waals surface area contributed by atoms with Gasteiger partial charge in [0.15, 0.2) is 5.69 Å². The molecule has 0 aliphatic heterocycles. The standard InChI is InChI=1S/C21H26N6O3/c1-6-30-20(28)18-10-11-26(25-18)17-9-7-8-16(12-17)22-21(29)23-19-14(4)24-27(13(2)3)15(19)5/h7-13H,6H2,1-5H3,(H2,22,23,29). The molecule has 2 aromatic heterocycles. The van der Waals surface area contributed by atoms with Gasteiger partial charge in [0.25, 0.3) is 0 Å². The second-order valence-corrected chi connectivity index (χ2v) is 7.08. The van der Waals surface area contributed by atoms with Gasteiger partial charge in [0.1, 0.15) is 0 Å². The molecule has 0 saturated carbocycles. The summed E-state index contributed by atoms with van der Waals surface area (Å²) in [5.41, 5.74) is 3.86. The number of carbonyl (C=O) groups is 2. The first-order chi connectivity index (χ1) is 14.3. The van der Waals surface area contributed by atoms with Gasteiger partial charge in [-0.25, -0.2) is 14.3 Å². The number of benzene rings is 1. The van der Waals surface area contributed by atoms with Crippen molar-refractivity contribution < 1.29 is 14.3 Å². The molecule has 0 unspecified atom stereocenters. The Morgan fingerprint density at radius 3 is 2.57 bits per heavy atom. The maximum atomic E-state index is 12.5. The molecular formula is C21H26N6O3. The fourth-order valence-corrected chi connectivity index (χ4v) is 3.13. The monoisotopic (exact) mass is 410 g/mol. The van der Waals surface area contributed by atoms with E-state index in [0.717, 1.165) is 11.4 Å². The van der Waals surface area contributed by atoms with Crippen LogP contribution >= 0.6 is 0 Å². The fourth-order valence-electron chi connectivity index (χ4n) is 3.13. The summed E-state index contributed by atoms with van der Waals surface area (Å²) in [6.07, 6.45) is 1.67. The van der Waals surface area contributed by atoms with Gasteiger partial charge in [-0.15, -0.1) is 0 Å². The van der Waals surface area contributed by atoms with E-state index in [9.17, 15) is 9.59 Å². The van der Waals surface area contributed by atoms with Gasteiger partial charge < -0.3 is 15.4 Å². The molecule has 158 valence electrons. The molecule has 0 aliphatic carbocycles. The molecule has 0 radical (unpaired) electrons. The van der Waals surface area contributed by atoms with E-state index in [0.29, 0.717) is 17.1 Å². The zero-order valence-electron chi connectivity index (χ0n) is 17.8. The number of ether oxygens (including phenoxy) is 1. The number of nitrogens with one attached hydrogen (secondary N) is 2. The highest BCUT2D eigenvalue weighted by atomic mass is 16.5. The van der Waals surface area contributed by atoms with E-state index in [-0.39, 0.29) is 24.4 Å². The van der Waals surface area contributed by atoms with Gasteiger partial charge in [-0.1, -0.05) is 6.07 Å². The molecule has 1 aromatic carbocycles. The third-order valence-electron chi connectivity index (χ3n) is 4.49. The minimum atomic E-state index is -0.474. The molecule has 2 N–H and O–H groups in total. The minimum Gasteiger partial charge on any atom is -0.461 e. The minimum absolute atomic E-state index is 0.201. The van der Waals surface area contributed by atoms with Crippen LogP contribution in [0.3, 0.4) is 0 Å². The Morgan fingerprint density at radius 1 is 1.13 bits per heavy atom. The van der Waals surface area contributed by atoms with Crippen molar-refractivity contribution in [2.24, 2.45) is 0 Å². The third-order valence-corrected chi connectivity index (χ3v) is 4.49. The Morgan fingerprint density at radius 2 is 1.90 bits per heavy atom. The predicted octanol–water partition coefficient (Wildman–Crippen LogP) is 4.09. The number of rotatable bonds is 6. The molecule has 3 aromatic rings. The van der Waals surface area contributed by atoms with Crippen LogP contribution in [0.1, 0.15) is 48.7 Å². The fraction of sp³-hybridized carbons (Fsp3) is 0.333. The number of hydrogen-bond donors (Lipinski definition) is 2. The number of carbonyl (C=O) groups excluding carboxylic acids is 2. The van der Waals surface area contributed by atoms with Crippen LogP contribution in [0, 0.1) is 13.8 Å². The van der Waals surface area contributed by atoms with Gasteiger partial charge in [-0.3, -0.25) is 4.68 Å². The molecule has 0 fully saturated rings. The molecule has 2 amide bonds. The molecule has 3 rings (SSSR count). The second-order valence-electron chi connectivity index (χ2n) is 7.08. The van der Waals surface area contributed by atoms with Crippen LogP contribution in [-0.4, -0.2) is 38.2 Å². The van der Waals surface area contributed by atoms with Crippen molar-refractivity contribution in [2.45, 2.75) is 40.7 Å². The lowest BCUT2D eigenvalue weighted by Crippen LogP contribution is -2.20. The highest BCUT2D eigenvalue weighted by Crippen LogP contribution is 2.23. The number of amides is 2. The summed E-state index contributed by atoms with van der Waals surface area (Å²) in [5, 5.41) is 14.4. The van der Waals surface area contributed by atoms with Crippen LogP contribution < -0.4 is 10.6 Å². The topological polar surface area (TPSA) is 103 Å². The van der Waals surface area contributed by atoms with E-state index in [4.69, 9.17) is 4.74 Å². The van der Waals surface area contributed by atoms with E-state index >= 15 is 0 Å². The second kappa shape index (κ2) is 8.81. The molecular weight excluding hydrogens is 384 g/mol. The van der Waals surface area contributed by atoms with E-state index in [2.05, 4.69) is 20.8 Å². The Hall–Kier alpha value is -3.62. The van der Waals surface area contributed by atoms with Gasteiger partial charge in [0, 0.05) is 17.9 Å². The van der Waals surface area contributed by atoms with Gasteiger partial charge >= 0.3 is 12.0 Å². The highest BCUT2D eigenvalue weighted by Gasteiger charge is 2.16. The molecule has 0 bridgehead atoms. The van der Waals surface area contributed by atoms with Crippen molar-refractivity contribution in [1.82, 2.24) is 19.6 Å². The Kier molecular flexibility index (Phi) is 6.20. The third kappa shape index (κ3) is 4.51. The van der Waals surface area contributed by atoms with Crippen LogP contribution in [0.15, 0.2) is 36.5 Å². The van der Waals surface area contributed by atoms with Crippen molar-refractivity contribution in [3.63, 3.8) is 0 Å². The number of nitrogens with zero attached hydrogens (tertiary/aromatic N) is 4. The Balaban J connectivity index is 1.73. The summed E-state index contributed by atoms with van der Waals surface area (Å²) < 4.78 is 8.39. The van der Waals surface area contributed by atoms with Crippen LogP contribution in [-0.2, 0) is 4.74 Å². The maximum Gasteiger partial charge on any atom is 0.358 e. The number of hydrogen-bond acceptors (Lipinski definition) is 5. The molecule has 30 heavy (non-hydrogen) atoms. The first-order valence-electron chi connectivity index (χ1n) is 9.77. The highest BCUT2D eigenvalue weighted by molar-refractivity contribution is 6.00. The SMILES string of the molecule is CCOC(=O)c1ccn(-c2cccc(NC(=O)Nc3c(C)nn(C(C)C)c3C)c2)n1. The number of urea groups is 1. The normalized spacial score (nSPS) is 10.9. The molecule has 0 aliphatic rings. The van der Waals surface area contributed by atoms with Crippen molar-refractivity contribution in [3.8, 4) is 5.69 Å². The van der Waals surface area contributed by atoms with Crippen molar-refractivity contribution in [3.05, 3.63) is 53.6 Å². The van der Waals surface area contributed by atoms with Crippen LogP contribution in [0.4, 0.5) is 16.2 Å². The van der Waals surface area contributed by atoms with Crippen LogP contribution in [0.25, 0.3) is 5.69 Å². The molecule has 9 nitrogen and oxygen atoms in total. The number of anilines is 2. The summed E-state index contributed by atoms with van der Waals surface area (Å²) in [7, 11) is 0. The van der Waals surface area contributed by atoms with Gasteiger partial charge in [0.2, 0.25) is 0 Å². The zero-order chi connectivity index (χ0) is 21.8. The smallest absolute Gasteiger partial charge is 0.358 e. The molecule has 0 spiro atoms. The number of esters is 1. The van der Waals surface area contributed by atoms with E-state index in [1.54, 1.807) is 42.1 Å². The van der Waals surface area contributed by atoms with Crippen LogP contribution in [0.5, 0.6) is 0 Å². The average Bonchev–Trinajstić information content (AvgIpc) is 3.29. The Labute approximate surface area is 175 Å². The van der Waals surface area contributed by atoms with Crippen molar-refractivity contribution in [1.29, 1.82) is 0 Å². The lowest BCUT2D eigenvalue weighted by molar-refractivity contribution is 0.0519. The summed E-state index contributed by atoms with van der Waals surface area (Å²) in [6, 6.07) is 8.58. The molecule has 0 atom stereocenters. The summed E-state index contributed by atoms with van der Waals surface area (Å²) in [4.78, 5) is 24.3. The van der Waals surface area contributed by atoms with Gasteiger partial charge in [-0.2, -0.15) is 10.2 Å². The lowest BCUT2D eigenvalue weighted by atomic mass is 10.2. The lowest BCUT2D eigenvalue weighted by Gasteiger charge is -2.11. The van der Waals surface area contributed by atoms with Crippen molar-refractivity contribution >= 4 is 23.4 Å². The summed E-state index contributed by atoms with van der Waals surface area (Å²) in [5.74, 6) is -0.474. The van der Waals surface area contributed by atoms with Crippen LogP contribution in [0.2, 0.25) is 0 Å². The first kappa shape index (κ1) is 21.1. The quantitative estimate of drug-likeness (QED) is 0.596. The average molecular weight is 410 g/mol. The maximum absolute atomic E-state index is 12.5. The van der Waals surface area contributed by atoms with Gasteiger partial charge in [0.05, 0.1) is 29.4 Å². The van der Waals surface area contributed by atoms with E-state index in [1.165, 1.54) is 0 Å². The first-order valence-corrected chi connectivity index (χ1v) is 9.77. The van der Waals surface area contributed by atoms with E-state index in [1.807, 2.05) is 38.4 Å². The van der Waals surface area contributed by atoms with Crippen molar-refractivity contribution in [2.75, 3.05) is 17.2 Å². The zero-order valence-corrected chi connectivity index (χ0v) is 17.8. The number of aromatic nitrogens is 4. The molecule has 0 saturated heterocycles.